The Bertz CT molecular complexity index is 637. The van der Waals surface area contributed by atoms with Gasteiger partial charge in [-0.2, -0.15) is 0 Å². The van der Waals surface area contributed by atoms with E-state index in [1.54, 1.807) is 6.92 Å². The van der Waals surface area contributed by atoms with Crippen molar-refractivity contribution in [1.82, 2.24) is 4.98 Å². The highest BCUT2D eigenvalue weighted by Crippen LogP contribution is 2.29. The molecule has 2 N–H and O–H groups in total. The molecule has 0 radical (unpaired) electrons. The summed E-state index contributed by atoms with van der Waals surface area (Å²) in [4.78, 5) is 3.90. The van der Waals surface area contributed by atoms with Gasteiger partial charge in [0, 0.05) is 12.6 Å². The van der Waals surface area contributed by atoms with Gasteiger partial charge < -0.3 is 10.6 Å². The first-order valence-corrected chi connectivity index (χ1v) is 8.65. The third-order valence-electron chi connectivity index (χ3n) is 3.40. The third kappa shape index (κ3) is 3.81. The van der Waals surface area contributed by atoms with Crippen molar-refractivity contribution < 1.29 is 17.2 Å². The maximum atomic E-state index is 13.8. The standard InChI is InChI=1S/C13H19F2N3O2S/c1-3-5-16-11-9(14)7-10(15)12(17-11)18-13(2)4-6-21(19,20)8-13/h7H,3-6,8H2,1-2H3,(H2,16,17,18). The number of anilines is 2. The fourth-order valence-electron chi connectivity index (χ4n) is 2.32. The van der Waals surface area contributed by atoms with E-state index < -0.39 is 27.0 Å². The molecule has 1 saturated heterocycles. The summed E-state index contributed by atoms with van der Waals surface area (Å²) in [6.07, 6.45) is 1.14. The Labute approximate surface area is 123 Å². The van der Waals surface area contributed by atoms with Crippen molar-refractivity contribution in [3.63, 3.8) is 0 Å². The summed E-state index contributed by atoms with van der Waals surface area (Å²) in [7, 11) is -3.12. The van der Waals surface area contributed by atoms with Crippen LogP contribution in [0.15, 0.2) is 6.07 Å². The minimum absolute atomic E-state index is 0.0368. The fourth-order valence-corrected chi connectivity index (χ4v) is 4.41. The largest absolute Gasteiger partial charge is 0.368 e. The molecule has 0 aliphatic carbocycles. The number of hydrogen-bond donors (Lipinski definition) is 2. The van der Waals surface area contributed by atoms with E-state index in [9.17, 15) is 17.2 Å². The lowest BCUT2D eigenvalue weighted by Gasteiger charge is -2.25. The molecule has 1 aromatic rings. The molecule has 1 aromatic heterocycles. The van der Waals surface area contributed by atoms with Gasteiger partial charge in [0.1, 0.15) is 0 Å². The van der Waals surface area contributed by atoms with Crippen LogP contribution in [0.25, 0.3) is 0 Å². The van der Waals surface area contributed by atoms with Crippen molar-refractivity contribution in [2.24, 2.45) is 0 Å². The first-order chi connectivity index (χ1) is 9.75. The molecule has 0 bridgehead atoms. The quantitative estimate of drug-likeness (QED) is 0.870. The second-order valence-corrected chi connectivity index (χ2v) is 7.79. The highest BCUT2D eigenvalue weighted by atomic mass is 32.2. The van der Waals surface area contributed by atoms with Gasteiger partial charge in [0.05, 0.1) is 17.0 Å². The van der Waals surface area contributed by atoms with E-state index in [2.05, 4.69) is 15.6 Å². The SMILES string of the molecule is CCCNc1nc(NC2(C)CCS(=O)(=O)C2)c(F)cc1F. The van der Waals surface area contributed by atoms with E-state index in [1.807, 2.05) is 6.92 Å². The molecule has 118 valence electrons. The van der Waals surface area contributed by atoms with Gasteiger partial charge in [0.2, 0.25) is 0 Å². The molecule has 0 amide bonds. The minimum Gasteiger partial charge on any atom is -0.368 e. The second kappa shape index (κ2) is 5.75. The summed E-state index contributed by atoms with van der Waals surface area (Å²) in [5.41, 5.74) is -0.785. The van der Waals surface area contributed by atoms with Crippen LogP contribution < -0.4 is 10.6 Å². The normalized spacial score (nSPS) is 24.0. The molecule has 1 aliphatic heterocycles. The van der Waals surface area contributed by atoms with E-state index in [0.29, 0.717) is 13.0 Å². The molecule has 0 spiro atoms. The van der Waals surface area contributed by atoms with Crippen molar-refractivity contribution in [2.45, 2.75) is 32.2 Å². The number of pyridine rings is 1. The number of halogens is 2. The average Bonchev–Trinajstić information content (AvgIpc) is 2.65. The number of rotatable bonds is 5. The van der Waals surface area contributed by atoms with Crippen LogP contribution in [0.1, 0.15) is 26.7 Å². The van der Waals surface area contributed by atoms with E-state index in [1.165, 1.54) is 0 Å². The van der Waals surface area contributed by atoms with Gasteiger partial charge in [-0.15, -0.1) is 0 Å². The van der Waals surface area contributed by atoms with Crippen LogP contribution in [0.4, 0.5) is 20.4 Å². The van der Waals surface area contributed by atoms with Crippen molar-refractivity contribution in [3.8, 4) is 0 Å². The fraction of sp³-hybridized carbons (Fsp3) is 0.615. The Balaban J connectivity index is 2.23. The molecule has 5 nitrogen and oxygen atoms in total. The van der Waals surface area contributed by atoms with Crippen LogP contribution >= 0.6 is 0 Å². The highest BCUT2D eigenvalue weighted by molar-refractivity contribution is 7.91. The van der Waals surface area contributed by atoms with Crippen LogP contribution in [-0.2, 0) is 9.84 Å². The summed E-state index contributed by atoms with van der Waals surface area (Å²) in [5, 5.41) is 5.59. The lowest BCUT2D eigenvalue weighted by Crippen LogP contribution is -2.36. The molecule has 8 heteroatoms. The molecule has 0 saturated carbocycles. The maximum Gasteiger partial charge on any atom is 0.168 e. The Hall–Kier alpha value is -1.44. The van der Waals surface area contributed by atoms with Crippen molar-refractivity contribution in [3.05, 3.63) is 17.7 Å². The van der Waals surface area contributed by atoms with Gasteiger partial charge in [-0.25, -0.2) is 22.2 Å². The van der Waals surface area contributed by atoms with Crippen LogP contribution in [0.3, 0.4) is 0 Å². The van der Waals surface area contributed by atoms with Gasteiger partial charge in [-0.1, -0.05) is 6.92 Å². The average molecular weight is 319 g/mol. The van der Waals surface area contributed by atoms with Gasteiger partial charge in [0.15, 0.2) is 33.1 Å². The Morgan fingerprint density at radius 2 is 2.00 bits per heavy atom. The molecule has 1 unspecified atom stereocenters. The molecular weight excluding hydrogens is 300 g/mol. The van der Waals surface area contributed by atoms with E-state index in [4.69, 9.17) is 0 Å². The van der Waals surface area contributed by atoms with E-state index in [0.717, 1.165) is 12.5 Å². The van der Waals surface area contributed by atoms with Crippen molar-refractivity contribution >= 4 is 21.5 Å². The number of nitrogens with zero attached hydrogens (tertiary/aromatic N) is 1. The lowest BCUT2D eigenvalue weighted by molar-refractivity contribution is 0.546. The molecule has 21 heavy (non-hydrogen) atoms. The van der Waals surface area contributed by atoms with Crippen LogP contribution in [0.5, 0.6) is 0 Å². The Kier molecular flexibility index (Phi) is 4.36. The molecule has 2 heterocycles. The summed E-state index contributed by atoms with van der Waals surface area (Å²) in [6.45, 7) is 4.12. The smallest absolute Gasteiger partial charge is 0.168 e. The number of sulfone groups is 1. The molecule has 1 aliphatic rings. The zero-order valence-corrected chi connectivity index (χ0v) is 12.9. The molecule has 2 rings (SSSR count). The van der Waals surface area contributed by atoms with Gasteiger partial charge in [-0.3, -0.25) is 0 Å². The first-order valence-electron chi connectivity index (χ1n) is 6.83. The second-order valence-electron chi connectivity index (χ2n) is 5.60. The van der Waals surface area contributed by atoms with Crippen molar-refractivity contribution in [2.75, 3.05) is 28.7 Å². The van der Waals surface area contributed by atoms with E-state index >= 15 is 0 Å². The molecular formula is C13H19F2N3O2S. The number of aromatic nitrogens is 1. The van der Waals surface area contributed by atoms with Crippen LogP contribution in [0, 0.1) is 11.6 Å². The first kappa shape index (κ1) is 15.9. The highest BCUT2D eigenvalue weighted by Gasteiger charge is 2.39. The Morgan fingerprint density at radius 1 is 1.33 bits per heavy atom. The minimum atomic E-state index is -3.12. The maximum absolute atomic E-state index is 13.8. The molecule has 0 aromatic carbocycles. The zero-order chi connectivity index (χ0) is 15.7. The predicted molar refractivity (Wildman–Crippen MR) is 78.2 cm³/mol. The number of nitrogens with one attached hydrogen (secondary N) is 2. The molecule has 1 atom stereocenters. The third-order valence-corrected chi connectivity index (χ3v) is 5.30. The summed E-state index contributed by atoms with van der Waals surface area (Å²) >= 11 is 0. The number of hydrogen-bond acceptors (Lipinski definition) is 5. The van der Waals surface area contributed by atoms with Crippen LogP contribution in [-0.4, -0.2) is 37.0 Å². The van der Waals surface area contributed by atoms with Crippen LogP contribution in [0.2, 0.25) is 0 Å². The predicted octanol–water partition coefficient (Wildman–Crippen LogP) is 2.17. The summed E-state index contributed by atoms with van der Waals surface area (Å²) < 4.78 is 50.5. The van der Waals surface area contributed by atoms with Crippen molar-refractivity contribution in [1.29, 1.82) is 0 Å². The molecule has 1 fully saturated rings. The van der Waals surface area contributed by atoms with E-state index in [-0.39, 0.29) is 23.1 Å². The van der Waals surface area contributed by atoms with Gasteiger partial charge in [-0.05, 0) is 19.8 Å². The summed E-state index contributed by atoms with van der Waals surface area (Å²) in [5.74, 6) is -1.80. The Morgan fingerprint density at radius 3 is 2.57 bits per heavy atom. The lowest BCUT2D eigenvalue weighted by atomic mass is 10.0. The van der Waals surface area contributed by atoms with Gasteiger partial charge >= 0.3 is 0 Å². The van der Waals surface area contributed by atoms with Gasteiger partial charge in [0.25, 0.3) is 0 Å². The summed E-state index contributed by atoms with van der Waals surface area (Å²) in [6, 6.07) is 0.750. The monoisotopic (exact) mass is 319 g/mol. The zero-order valence-electron chi connectivity index (χ0n) is 12.0. The topological polar surface area (TPSA) is 71.1 Å².